The highest BCUT2D eigenvalue weighted by Crippen LogP contribution is 2.22. The molecular weight excluding hydrogens is 416 g/mol. The van der Waals surface area contributed by atoms with E-state index >= 15 is 0 Å². The van der Waals surface area contributed by atoms with Gasteiger partial charge in [0, 0.05) is 25.7 Å². The molecule has 0 aromatic heterocycles. The molecule has 8 nitrogen and oxygen atoms in total. The van der Waals surface area contributed by atoms with Crippen molar-refractivity contribution in [1.29, 1.82) is 0 Å². The number of sulfonamides is 1. The van der Waals surface area contributed by atoms with E-state index in [9.17, 15) is 18.0 Å². The first kappa shape index (κ1) is 25.3. The summed E-state index contributed by atoms with van der Waals surface area (Å²) in [5.74, 6) is -0.660. The molecule has 31 heavy (non-hydrogen) atoms. The molecule has 2 rings (SSSR count). The van der Waals surface area contributed by atoms with Crippen LogP contribution in [0, 0.1) is 5.92 Å². The summed E-state index contributed by atoms with van der Waals surface area (Å²) in [5.41, 5.74) is 6.71. The second-order valence-corrected chi connectivity index (χ2v) is 10.7. The Balaban J connectivity index is 2.11. The molecule has 0 spiro atoms. The molecule has 1 fully saturated rings. The van der Waals surface area contributed by atoms with Crippen molar-refractivity contribution in [3.05, 3.63) is 35.9 Å². The molecule has 0 bridgehead atoms. The molecule has 9 heteroatoms. The molecule has 1 aliphatic rings. The van der Waals surface area contributed by atoms with Crippen LogP contribution in [0.3, 0.4) is 0 Å². The SMILES string of the molecule is CC(C)[C@H](NC(=O)[C@H](C)N)C(=O)N1CCC[C@H]1CN(CCc1ccccc1)S(C)(=O)=O. The highest BCUT2D eigenvalue weighted by molar-refractivity contribution is 7.88. The third-order valence-electron chi connectivity index (χ3n) is 5.68. The standard InChI is InChI=1S/C22H36N4O4S/c1-16(2)20(24-21(27)17(3)23)22(28)26-13-8-11-19(26)15-25(31(4,29)30)14-12-18-9-6-5-7-10-18/h5-7,9-10,16-17,19-20H,8,11-15,23H2,1-4H3,(H,24,27)/t17-,19-,20-/m0/s1. The molecule has 3 N–H and O–H groups in total. The van der Waals surface area contributed by atoms with E-state index in [1.165, 1.54) is 10.6 Å². The summed E-state index contributed by atoms with van der Waals surface area (Å²) in [7, 11) is -3.43. The van der Waals surface area contributed by atoms with E-state index in [1.54, 1.807) is 11.8 Å². The van der Waals surface area contributed by atoms with Gasteiger partial charge in [-0.2, -0.15) is 4.31 Å². The summed E-state index contributed by atoms with van der Waals surface area (Å²) < 4.78 is 26.3. The van der Waals surface area contributed by atoms with Crippen LogP contribution in [-0.4, -0.2) is 73.5 Å². The largest absolute Gasteiger partial charge is 0.343 e. The van der Waals surface area contributed by atoms with Crippen LogP contribution < -0.4 is 11.1 Å². The van der Waals surface area contributed by atoms with Gasteiger partial charge < -0.3 is 16.0 Å². The van der Waals surface area contributed by atoms with Crippen molar-refractivity contribution in [2.75, 3.05) is 25.9 Å². The normalized spacial score (nSPS) is 18.9. The van der Waals surface area contributed by atoms with Gasteiger partial charge in [-0.3, -0.25) is 9.59 Å². The van der Waals surface area contributed by atoms with E-state index in [2.05, 4.69) is 5.32 Å². The number of carbonyl (C=O) groups is 2. The van der Waals surface area contributed by atoms with Crippen LogP contribution in [0.2, 0.25) is 0 Å². The maximum absolute atomic E-state index is 13.3. The lowest BCUT2D eigenvalue weighted by Gasteiger charge is -2.33. The second-order valence-electron chi connectivity index (χ2n) is 8.70. The fraction of sp³-hybridized carbons (Fsp3) is 0.636. The highest BCUT2D eigenvalue weighted by atomic mass is 32.2. The van der Waals surface area contributed by atoms with Crippen molar-refractivity contribution in [2.24, 2.45) is 11.7 Å². The maximum atomic E-state index is 13.3. The predicted molar refractivity (Wildman–Crippen MR) is 122 cm³/mol. The molecule has 0 radical (unpaired) electrons. The van der Waals surface area contributed by atoms with Gasteiger partial charge in [-0.25, -0.2) is 8.42 Å². The lowest BCUT2D eigenvalue weighted by Crippen LogP contribution is -2.56. The summed E-state index contributed by atoms with van der Waals surface area (Å²) in [6, 6.07) is 8.12. The highest BCUT2D eigenvalue weighted by Gasteiger charge is 2.37. The smallest absolute Gasteiger partial charge is 0.245 e. The zero-order chi connectivity index (χ0) is 23.2. The summed E-state index contributed by atoms with van der Waals surface area (Å²) in [4.78, 5) is 27.1. The Labute approximate surface area is 186 Å². The first-order valence-corrected chi connectivity index (χ1v) is 12.7. The Morgan fingerprint density at radius 2 is 1.87 bits per heavy atom. The van der Waals surface area contributed by atoms with Gasteiger partial charge in [0.05, 0.1) is 12.3 Å². The quantitative estimate of drug-likeness (QED) is 0.549. The first-order chi connectivity index (χ1) is 14.5. The number of rotatable bonds is 10. The van der Waals surface area contributed by atoms with Crippen molar-refractivity contribution in [3.63, 3.8) is 0 Å². The monoisotopic (exact) mass is 452 g/mol. The van der Waals surface area contributed by atoms with E-state index in [1.807, 2.05) is 44.2 Å². The summed E-state index contributed by atoms with van der Waals surface area (Å²) in [5, 5.41) is 2.76. The molecule has 3 atom stereocenters. The van der Waals surface area contributed by atoms with Gasteiger partial charge in [0.25, 0.3) is 0 Å². The predicted octanol–water partition coefficient (Wildman–Crippen LogP) is 0.970. The average molecular weight is 453 g/mol. The number of nitrogens with two attached hydrogens (primary N) is 1. The minimum Gasteiger partial charge on any atom is -0.343 e. The minimum absolute atomic E-state index is 0.111. The van der Waals surface area contributed by atoms with Gasteiger partial charge in [-0.05, 0) is 37.7 Å². The number of hydrogen-bond donors (Lipinski definition) is 2. The number of nitrogens with zero attached hydrogens (tertiary/aromatic N) is 2. The fourth-order valence-corrected chi connectivity index (χ4v) is 4.68. The number of carbonyl (C=O) groups excluding carboxylic acids is 2. The van der Waals surface area contributed by atoms with E-state index in [-0.39, 0.29) is 30.3 Å². The molecule has 0 aliphatic carbocycles. The number of benzene rings is 1. The number of nitrogens with one attached hydrogen (secondary N) is 1. The van der Waals surface area contributed by atoms with Crippen LogP contribution in [-0.2, 0) is 26.0 Å². The molecule has 1 heterocycles. The van der Waals surface area contributed by atoms with Crippen LogP contribution in [0.4, 0.5) is 0 Å². The van der Waals surface area contributed by atoms with Crippen LogP contribution in [0.5, 0.6) is 0 Å². The van der Waals surface area contributed by atoms with Gasteiger partial charge in [-0.1, -0.05) is 44.2 Å². The van der Waals surface area contributed by atoms with Crippen molar-refractivity contribution < 1.29 is 18.0 Å². The van der Waals surface area contributed by atoms with Gasteiger partial charge in [0.1, 0.15) is 6.04 Å². The Kier molecular flexibility index (Phi) is 9.02. The zero-order valence-corrected chi connectivity index (χ0v) is 19.8. The van der Waals surface area contributed by atoms with E-state index in [0.29, 0.717) is 19.5 Å². The minimum atomic E-state index is -3.43. The Morgan fingerprint density at radius 1 is 1.23 bits per heavy atom. The van der Waals surface area contributed by atoms with Crippen LogP contribution >= 0.6 is 0 Å². The molecule has 0 saturated carbocycles. The maximum Gasteiger partial charge on any atom is 0.245 e. The Morgan fingerprint density at radius 3 is 2.42 bits per heavy atom. The third-order valence-corrected chi connectivity index (χ3v) is 6.95. The molecular formula is C22H36N4O4S. The van der Waals surface area contributed by atoms with E-state index in [4.69, 9.17) is 5.73 Å². The number of hydrogen-bond acceptors (Lipinski definition) is 5. The van der Waals surface area contributed by atoms with Gasteiger partial charge in [-0.15, -0.1) is 0 Å². The number of likely N-dealkylation sites (tertiary alicyclic amines) is 1. The van der Waals surface area contributed by atoms with Crippen LogP contribution in [0.25, 0.3) is 0 Å². The second kappa shape index (κ2) is 11.1. The van der Waals surface area contributed by atoms with Crippen molar-refractivity contribution in [1.82, 2.24) is 14.5 Å². The molecule has 1 saturated heterocycles. The van der Waals surface area contributed by atoms with Crippen molar-refractivity contribution in [2.45, 2.75) is 58.2 Å². The van der Waals surface area contributed by atoms with E-state index in [0.717, 1.165) is 18.4 Å². The Hall–Kier alpha value is -1.97. The van der Waals surface area contributed by atoms with Crippen LogP contribution in [0.1, 0.15) is 39.2 Å². The molecule has 0 unspecified atom stereocenters. The van der Waals surface area contributed by atoms with E-state index < -0.39 is 22.1 Å². The first-order valence-electron chi connectivity index (χ1n) is 10.9. The van der Waals surface area contributed by atoms with Crippen molar-refractivity contribution >= 4 is 21.8 Å². The molecule has 174 valence electrons. The molecule has 1 aromatic carbocycles. The van der Waals surface area contributed by atoms with Gasteiger partial charge >= 0.3 is 0 Å². The third kappa shape index (κ3) is 7.29. The summed E-state index contributed by atoms with van der Waals surface area (Å²) in [6.07, 6.45) is 3.35. The molecule has 1 aliphatic heterocycles. The van der Waals surface area contributed by atoms with Crippen LogP contribution in [0.15, 0.2) is 30.3 Å². The van der Waals surface area contributed by atoms with Crippen molar-refractivity contribution in [3.8, 4) is 0 Å². The van der Waals surface area contributed by atoms with Gasteiger partial charge in [0.2, 0.25) is 21.8 Å². The lowest BCUT2D eigenvalue weighted by atomic mass is 10.0. The molecule has 2 amide bonds. The topological polar surface area (TPSA) is 113 Å². The lowest BCUT2D eigenvalue weighted by molar-refractivity contribution is -0.138. The van der Waals surface area contributed by atoms with Gasteiger partial charge in [0.15, 0.2) is 0 Å². The summed E-state index contributed by atoms with van der Waals surface area (Å²) >= 11 is 0. The fourth-order valence-electron chi connectivity index (χ4n) is 3.82. The summed E-state index contributed by atoms with van der Waals surface area (Å²) in [6.45, 7) is 6.49. The number of amides is 2. The zero-order valence-electron chi connectivity index (χ0n) is 19.0. The Bertz CT molecular complexity index is 842. The average Bonchev–Trinajstić information content (AvgIpc) is 3.16. The molecule has 1 aromatic rings.